The maximum absolute atomic E-state index is 11.1. The second-order valence-electron chi connectivity index (χ2n) is 2.58. The zero-order chi connectivity index (χ0) is 10.1. The van der Waals surface area contributed by atoms with Crippen molar-refractivity contribution in [3.63, 3.8) is 0 Å². The second kappa shape index (κ2) is 9.04. The van der Waals surface area contributed by atoms with Crippen molar-refractivity contribution < 1.29 is 4.79 Å². The summed E-state index contributed by atoms with van der Waals surface area (Å²) >= 11 is 5.91. The Labute approximate surface area is 92.6 Å². The minimum absolute atomic E-state index is 0.126. The third-order valence-corrected chi connectivity index (χ3v) is 3.28. The van der Waals surface area contributed by atoms with Crippen molar-refractivity contribution in [1.82, 2.24) is 5.32 Å². The SMILES string of the molecule is C[C+](CCC(=O)NCP)SCCS. The molecular formula is C8H17NOPS2+. The fraction of sp³-hybridized carbons (Fsp3) is 0.750. The van der Waals surface area contributed by atoms with Crippen molar-refractivity contribution in [3.8, 4) is 0 Å². The highest BCUT2D eigenvalue weighted by atomic mass is 32.2. The molecule has 0 spiro atoms. The first-order valence-electron chi connectivity index (χ1n) is 4.23. The van der Waals surface area contributed by atoms with Gasteiger partial charge in [-0.3, -0.25) is 4.79 Å². The van der Waals surface area contributed by atoms with Crippen LogP contribution in [0, 0.1) is 5.25 Å². The van der Waals surface area contributed by atoms with Gasteiger partial charge in [-0.2, -0.15) is 12.6 Å². The zero-order valence-electron chi connectivity index (χ0n) is 7.88. The number of amides is 1. The molecule has 0 radical (unpaired) electrons. The van der Waals surface area contributed by atoms with E-state index in [1.165, 1.54) is 5.25 Å². The van der Waals surface area contributed by atoms with Gasteiger partial charge in [0.25, 0.3) is 0 Å². The third-order valence-electron chi connectivity index (χ3n) is 1.44. The Morgan fingerprint density at radius 1 is 1.69 bits per heavy atom. The third kappa shape index (κ3) is 8.79. The molecular weight excluding hydrogens is 221 g/mol. The van der Waals surface area contributed by atoms with Crippen molar-refractivity contribution in [1.29, 1.82) is 0 Å². The number of hydrogen-bond donors (Lipinski definition) is 2. The van der Waals surface area contributed by atoms with Gasteiger partial charge in [0.15, 0.2) is 5.25 Å². The first-order chi connectivity index (χ1) is 6.20. The molecule has 1 N–H and O–H groups in total. The molecule has 0 aromatic carbocycles. The van der Waals surface area contributed by atoms with Gasteiger partial charge < -0.3 is 5.32 Å². The van der Waals surface area contributed by atoms with Crippen LogP contribution >= 0.6 is 33.6 Å². The predicted molar refractivity (Wildman–Crippen MR) is 67.2 cm³/mol. The van der Waals surface area contributed by atoms with E-state index in [9.17, 15) is 4.79 Å². The molecule has 1 unspecified atom stereocenters. The van der Waals surface area contributed by atoms with Gasteiger partial charge in [-0.1, -0.05) is 0 Å². The molecule has 76 valence electrons. The molecule has 0 aliphatic carbocycles. The van der Waals surface area contributed by atoms with Gasteiger partial charge in [0.05, 0.1) is 25.1 Å². The Morgan fingerprint density at radius 3 is 2.92 bits per heavy atom. The molecule has 13 heavy (non-hydrogen) atoms. The Balaban J connectivity index is 3.34. The zero-order valence-corrected chi connectivity index (χ0v) is 10.7. The van der Waals surface area contributed by atoms with Crippen molar-refractivity contribution in [2.45, 2.75) is 19.8 Å². The van der Waals surface area contributed by atoms with Crippen LogP contribution in [0.4, 0.5) is 0 Å². The Hall–Kier alpha value is 0.470. The standard InChI is InChI=1S/C8H16NOPS2/c1-7(13-5-4-12)2-3-8(10)9-6-11/h2-6,11H2,1H3,(H-,9,10,12)/p+1. The second-order valence-corrected chi connectivity index (χ2v) is 4.83. The van der Waals surface area contributed by atoms with Crippen LogP contribution in [-0.4, -0.2) is 23.7 Å². The summed E-state index contributed by atoms with van der Waals surface area (Å²) in [5.74, 6) is 2.04. The van der Waals surface area contributed by atoms with Crippen LogP contribution < -0.4 is 5.32 Å². The van der Waals surface area contributed by atoms with Crippen LogP contribution in [0.15, 0.2) is 0 Å². The molecule has 0 saturated carbocycles. The quantitative estimate of drug-likeness (QED) is 0.403. The van der Waals surface area contributed by atoms with Crippen LogP contribution in [-0.2, 0) is 4.79 Å². The van der Waals surface area contributed by atoms with Crippen LogP contribution in [0.25, 0.3) is 0 Å². The summed E-state index contributed by atoms with van der Waals surface area (Å²) in [6.45, 7) is 2.07. The molecule has 1 atom stereocenters. The van der Waals surface area contributed by atoms with Gasteiger partial charge in [-0.25, -0.2) is 0 Å². The molecule has 0 bridgehead atoms. The topological polar surface area (TPSA) is 29.1 Å². The molecule has 0 saturated heterocycles. The average molecular weight is 238 g/mol. The van der Waals surface area contributed by atoms with E-state index in [1.807, 2.05) is 0 Å². The highest BCUT2D eigenvalue weighted by Gasteiger charge is 2.16. The lowest BCUT2D eigenvalue weighted by Crippen LogP contribution is -2.21. The summed E-state index contributed by atoms with van der Waals surface area (Å²) < 4.78 is 0. The molecule has 0 aromatic heterocycles. The summed E-state index contributed by atoms with van der Waals surface area (Å²) in [4.78, 5) is 11.1. The minimum Gasteiger partial charge on any atom is -0.353 e. The van der Waals surface area contributed by atoms with E-state index >= 15 is 0 Å². The fourth-order valence-corrected chi connectivity index (χ4v) is 1.97. The number of thiol groups is 1. The van der Waals surface area contributed by atoms with Gasteiger partial charge in [-0.15, -0.1) is 9.24 Å². The molecule has 0 heterocycles. The van der Waals surface area contributed by atoms with Crippen molar-refractivity contribution in [2.24, 2.45) is 0 Å². The summed E-state index contributed by atoms with van der Waals surface area (Å²) in [5.41, 5.74) is 0. The number of carbonyl (C=O) groups excluding carboxylic acids is 1. The maximum atomic E-state index is 11.1. The smallest absolute Gasteiger partial charge is 0.224 e. The van der Waals surface area contributed by atoms with Gasteiger partial charge in [0.2, 0.25) is 5.91 Å². The van der Waals surface area contributed by atoms with Crippen molar-refractivity contribution >= 4 is 39.5 Å². The minimum atomic E-state index is 0.126. The lowest BCUT2D eigenvalue weighted by atomic mass is 10.2. The molecule has 0 rings (SSSR count). The van der Waals surface area contributed by atoms with Crippen LogP contribution in [0.1, 0.15) is 19.8 Å². The van der Waals surface area contributed by atoms with E-state index in [0.29, 0.717) is 12.7 Å². The molecule has 0 aromatic rings. The average Bonchev–Trinajstić information content (AvgIpc) is 2.12. The molecule has 0 aliphatic heterocycles. The predicted octanol–water partition coefficient (Wildman–Crippen LogP) is 1.93. The van der Waals surface area contributed by atoms with E-state index in [-0.39, 0.29) is 5.91 Å². The van der Waals surface area contributed by atoms with Crippen molar-refractivity contribution in [3.05, 3.63) is 5.25 Å². The molecule has 5 heteroatoms. The first kappa shape index (κ1) is 13.5. The van der Waals surface area contributed by atoms with E-state index in [0.717, 1.165) is 17.9 Å². The normalized spacial score (nSPS) is 9.77. The highest BCUT2D eigenvalue weighted by Crippen LogP contribution is 2.23. The summed E-state index contributed by atoms with van der Waals surface area (Å²) in [7, 11) is 2.47. The Bertz CT molecular complexity index is 146. The number of thioether (sulfide) groups is 1. The molecule has 0 fully saturated rings. The molecule has 2 nitrogen and oxygen atoms in total. The fourth-order valence-electron chi connectivity index (χ4n) is 0.784. The molecule has 0 aliphatic rings. The van der Waals surface area contributed by atoms with Gasteiger partial charge in [-0.05, 0) is 0 Å². The number of rotatable bonds is 7. The number of hydrogen-bond acceptors (Lipinski definition) is 3. The summed E-state index contributed by atoms with van der Waals surface area (Å²) in [5, 5.41) is 4.06. The van der Waals surface area contributed by atoms with Gasteiger partial charge in [0.1, 0.15) is 6.42 Å². The maximum Gasteiger partial charge on any atom is 0.224 e. The summed E-state index contributed by atoms with van der Waals surface area (Å²) in [6.07, 6.45) is 2.11. The molecule has 1 amide bonds. The van der Waals surface area contributed by atoms with Crippen molar-refractivity contribution in [2.75, 3.05) is 17.8 Å². The van der Waals surface area contributed by atoms with E-state index in [4.69, 9.17) is 0 Å². The van der Waals surface area contributed by atoms with E-state index in [2.05, 4.69) is 34.1 Å². The highest BCUT2D eigenvalue weighted by molar-refractivity contribution is 8.02. The summed E-state index contributed by atoms with van der Waals surface area (Å²) in [6, 6.07) is 0. The monoisotopic (exact) mass is 238 g/mol. The van der Waals surface area contributed by atoms with Crippen LogP contribution in [0.5, 0.6) is 0 Å². The largest absolute Gasteiger partial charge is 0.353 e. The number of carbonyl (C=O) groups is 1. The van der Waals surface area contributed by atoms with Gasteiger partial charge >= 0.3 is 0 Å². The van der Waals surface area contributed by atoms with Crippen LogP contribution in [0.3, 0.4) is 0 Å². The van der Waals surface area contributed by atoms with Crippen LogP contribution in [0.2, 0.25) is 0 Å². The number of nitrogens with one attached hydrogen (secondary N) is 1. The van der Waals surface area contributed by atoms with E-state index in [1.54, 1.807) is 11.8 Å². The lowest BCUT2D eigenvalue weighted by molar-refractivity contribution is -0.120. The lowest BCUT2D eigenvalue weighted by Gasteiger charge is -2.00. The van der Waals surface area contributed by atoms with Gasteiger partial charge in [0, 0.05) is 17.8 Å². The Morgan fingerprint density at radius 2 is 2.38 bits per heavy atom. The Kier molecular flexibility index (Phi) is 9.37. The van der Waals surface area contributed by atoms with E-state index < -0.39 is 0 Å². The first-order valence-corrected chi connectivity index (χ1v) is 6.67.